The fourth-order valence-electron chi connectivity index (χ4n) is 3.08. The minimum atomic E-state index is -0.426. The second-order valence-corrected chi connectivity index (χ2v) is 7.55. The number of nitrogens with zero attached hydrogens (tertiary/aromatic N) is 2. The molecule has 0 atom stereocenters. The summed E-state index contributed by atoms with van der Waals surface area (Å²) in [5.41, 5.74) is 0.949. The van der Waals surface area contributed by atoms with Crippen LogP contribution in [0.4, 0.5) is 10.2 Å². The first-order valence-electron chi connectivity index (χ1n) is 9.55. The van der Waals surface area contributed by atoms with E-state index >= 15 is 0 Å². The number of rotatable bonds is 7. The van der Waals surface area contributed by atoms with E-state index in [4.69, 9.17) is 16.3 Å². The maximum absolute atomic E-state index is 13.0. The Morgan fingerprint density at radius 3 is 2.79 bits per heavy atom. The maximum Gasteiger partial charge on any atom is 0.223 e. The predicted octanol–water partition coefficient (Wildman–Crippen LogP) is 4.20. The minimum Gasteiger partial charge on any atom is -0.491 e. The Hall–Kier alpha value is -2.34. The number of nitrogens with one attached hydrogen (secondary N) is 1. The highest BCUT2D eigenvalue weighted by molar-refractivity contribution is 6.32. The van der Waals surface area contributed by atoms with Crippen LogP contribution in [0.25, 0.3) is 0 Å². The Balaban J connectivity index is 1.39. The van der Waals surface area contributed by atoms with Crippen LogP contribution in [0, 0.1) is 11.7 Å². The molecule has 1 aliphatic rings. The van der Waals surface area contributed by atoms with E-state index in [9.17, 15) is 9.18 Å². The highest BCUT2D eigenvalue weighted by Crippen LogP contribution is 2.25. The number of pyridine rings is 1. The quantitative estimate of drug-likeness (QED) is 0.750. The first-order chi connectivity index (χ1) is 13.5. The molecule has 3 rings (SSSR count). The SMILES string of the molecule is CC1CCN(c2ccc(CNC(=O)CCOc3ccc(F)cc3Cl)cn2)CC1. The number of halogens is 2. The molecule has 2 heterocycles. The molecular formula is C21H25ClFN3O2. The van der Waals surface area contributed by atoms with E-state index in [1.165, 1.54) is 31.0 Å². The highest BCUT2D eigenvalue weighted by Gasteiger charge is 2.16. The maximum atomic E-state index is 13.0. The molecule has 1 aliphatic heterocycles. The minimum absolute atomic E-state index is 0.132. The molecule has 1 N–H and O–H groups in total. The molecule has 1 fully saturated rings. The molecule has 5 nitrogen and oxygen atoms in total. The number of amides is 1. The summed E-state index contributed by atoms with van der Waals surface area (Å²) in [5, 5.41) is 3.04. The molecule has 0 radical (unpaired) electrons. The third kappa shape index (κ3) is 5.83. The van der Waals surface area contributed by atoms with Gasteiger partial charge in [-0.1, -0.05) is 24.6 Å². The van der Waals surface area contributed by atoms with E-state index in [1.54, 1.807) is 0 Å². The molecule has 0 aliphatic carbocycles. The lowest BCUT2D eigenvalue weighted by Gasteiger charge is -2.31. The second-order valence-electron chi connectivity index (χ2n) is 7.14. The van der Waals surface area contributed by atoms with Gasteiger partial charge in [0.2, 0.25) is 5.91 Å². The van der Waals surface area contributed by atoms with Crippen LogP contribution in [0.2, 0.25) is 5.02 Å². The van der Waals surface area contributed by atoms with Crippen molar-refractivity contribution in [3.05, 3.63) is 52.9 Å². The van der Waals surface area contributed by atoms with Gasteiger partial charge in [0.05, 0.1) is 18.1 Å². The summed E-state index contributed by atoms with van der Waals surface area (Å²) in [6.07, 6.45) is 4.39. The van der Waals surface area contributed by atoms with Crippen molar-refractivity contribution in [3.8, 4) is 5.75 Å². The molecule has 0 bridgehead atoms. The molecule has 0 spiro atoms. The second kappa shape index (κ2) is 9.73. The van der Waals surface area contributed by atoms with Crippen LogP contribution in [-0.4, -0.2) is 30.6 Å². The zero-order chi connectivity index (χ0) is 19.9. The van der Waals surface area contributed by atoms with Gasteiger partial charge in [0.15, 0.2) is 0 Å². The molecule has 28 heavy (non-hydrogen) atoms. The van der Waals surface area contributed by atoms with Gasteiger partial charge in [-0.05, 0) is 48.6 Å². The van der Waals surface area contributed by atoms with Crippen molar-refractivity contribution in [2.45, 2.75) is 32.7 Å². The fourth-order valence-corrected chi connectivity index (χ4v) is 3.30. The zero-order valence-corrected chi connectivity index (χ0v) is 16.7. The van der Waals surface area contributed by atoms with Gasteiger partial charge < -0.3 is 15.0 Å². The predicted molar refractivity (Wildman–Crippen MR) is 108 cm³/mol. The van der Waals surface area contributed by atoms with Crippen LogP contribution in [0.5, 0.6) is 5.75 Å². The first kappa shape index (κ1) is 20.4. The molecular weight excluding hydrogens is 381 g/mol. The molecule has 1 aromatic carbocycles. The van der Waals surface area contributed by atoms with E-state index in [0.717, 1.165) is 30.4 Å². The summed E-state index contributed by atoms with van der Waals surface area (Å²) >= 11 is 5.89. The number of ether oxygens (including phenoxy) is 1. The first-order valence-corrected chi connectivity index (χ1v) is 9.93. The highest BCUT2D eigenvalue weighted by atomic mass is 35.5. The number of anilines is 1. The monoisotopic (exact) mass is 405 g/mol. The molecule has 0 saturated carbocycles. The number of piperidine rings is 1. The van der Waals surface area contributed by atoms with Gasteiger partial charge in [-0.25, -0.2) is 9.37 Å². The number of aromatic nitrogens is 1. The summed E-state index contributed by atoms with van der Waals surface area (Å²) < 4.78 is 18.4. The Kier molecular flexibility index (Phi) is 7.09. The largest absolute Gasteiger partial charge is 0.491 e. The van der Waals surface area contributed by atoms with Gasteiger partial charge in [-0.2, -0.15) is 0 Å². The van der Waals surface area contributed by atoms with Gasteiger partial charge in [-0.15, -0.1) is 0 Å². The summed E-state index contributed by atoms with van der Waals surface area (Å²) in [5.74, 6) is 1.58. The van der Waals surface area contributed by atoms with Crippen LogP contribution < -0.4 is 15.0 Å². The Morgan fingerprint density at radius 1 is 1.32 bits per heavy atom. The lowest BCUT2D eigenvalue weighted by molar-refractivity contribution is -0.121. The van der Waals surface area contributed by atoms with Crippen molar-refractivity contribution in [1.82, 2.24) is 10.3 Å². The standard InChI is InChI=1S/C21H25ClFN3O2/c1-15-6-9-26(10-7-15)20-5-2-16(13-24-20)14-25-21(27)8-11-28-19-4-3-17(23)12-18(19)22/h2-5,12-13,15H,6-11,14H2,1H3,(H,25,27). The Labute approximate surface area is 169 Å². The van der Waals surface area contributed by atoms with E-state index in [1.807, 2.05) is 18.3 Å². The number of hydrogen-bond acceptors (Lipinski definition) is 4. The van der Waals surface area contributed by atoms with Crippen molar-refractivity contribution < 1.29 is 13.9 Å². The average molecular weight is 406 g/mol. The molecule has 7 heteroatoms. The number of carbonyl (C=O) groups excluding carboxylic acids is 1. The zero-order valence-electron chi connectivity index (χ0n) is 16.0. The van der Waals surface area contributed by atoms with E-state index in [-0.39, 0.29) is 24.0 Å². The lowest BCUT2D eigenvalue weighted by Crippen LogP contribution is -2.33. The van der Waals surface area contributed by atoms with E-state index < -0.39 is 5.82 Å². The smallest absolute Gasteiger partial charge is 0.223 e. The summed E-state index contributed by atoms with van der Waals surface area (Å²) in [6.45, 7) is 4.96. The Bertz CT molecular complexity index is 793. The van der Waals surface area contributed by atoms with Gasteiger partial charge in [0, 0.05) is 25.8 Å². The fraction of sp³-hybridized carbons (Fsp3) is 0.429. The van der Waals surface area contributed by atoms with E-state index in [0.29, 0.717) is 12.3 Å². The third-order valence-corrected chi connectivity index (χ3v) is 5.18. The molecule has 1 aromatic heterocycles. The van der Waals surface area contributed by atoms with Gasteiger partial charge in [-0.3, -0.25) is 4.79 Å². The molecule has 2 aromatic rings. The third-order valence-electron chi connectivity index (χ3n) is 4.89. The van der Waals surface area contributed by atoms with E-state index in [2.05, 4.69) is 22.1 Å². The average Bonchev–Trinajstić information content (AvgIpc) is 2.69. The number of benzene rings is 1. The summed E-state index contributed by atoms with van der Waals surface area (Å²) in [6, 6.07) is 7.90. The van der Waals surface area contributed by atoms with Crippen molar-refractivity contribution in [3.63, 3.8) is 0 Å². The van der Waals surface area contributed by atoms with Crippen LogP contribution >= 0.6 is 11.6 Å². The van der Waals surface area contributed by atoms with Crippen molar-refractivity contribution in [2.75, 3.05) is 24.6 Å². The molecule has 150 valence electrons. The summed E-state index contributed by atoms with van der Waals surface area (Å²) in [4.78, 5) is 18.8. The van der Waals surface area contributed by atoms with Gasteiger partial charge in [0.1, 0.15) is 17.4 Å². The number of carbonyl (C=O) groups is 1. The Morgan fingerprint density at radius 2 is 2.11 bits per heavy atom. The van der Waals surface area contributed by atoms with Crippen LogP contribution in [-0.2, 0) is 11.3 Å². The normalized spacial score (nSPS) is 14.8. The van der Waals surface area contributed by atoms with Gasteiger partial charge >= 0.3 is 0 Å². The van der Waals surface area contributed by atoms with Crippen LogP contribution in [0.15, 0.2) is 36.5 Å². The molecule has 1 amide bonds. The van der Waals surface area contributed by atoms with Crippen LogP contribution in [0.1, 0.15) is 31.7 Å². The summed E-state index contributed by atoms with van der Waals surface area (Å²) in [7, 11) is 0. The van der Waals surface area contributed by atoms with Crippen molar-refractivity contribution >= 4 is 23.3 Å². The lowest BCUT2D eigenvalue weighted by atomic mass is 9.99. The van der Waals surface area contributed by atoms with Crippen molar-refractivity contribution in [1.29, 1.82) is 0 Å². The molecule has 0 unspecified atom stereocenters. The number of hydrogen-bond donors (Lipinski definition) is 1. The topological polar surface area (TPSA) is 54.5 Å². The molecule has 1 saturated heterocycles. The van der Waals surface area contributed by atoms with Crippen LogP contribution in [0.3, 0.4) is 0 Å². The van der Waals surface area contributed by atoms with Gasteiger partial charge in [0.25, 0.3) is 0 Å². The van der Waals surface area contributed by atoms with Crippen molar-refractivity contribution in [2.24, 2.45) is 5.92 Å².